The van der Waals surface area contributed by atoms with E-state index >= 15 is 0 Å². The predicted octanol–water partition coefficient (Wildman–Crippen LogP) is 5.60. The van der Waals surface area contributed by atoms with Crippen molar-refractivity contribution < 1.29 is 13.6 Å². The fourth-order valence-corrected chi connectivity index (χ4v) is 3.07. The van der Waals surface area contributed by atoms with Crippen LogP contribution in [0.2, 0.25) is 5.02 Å². The molecule has 0 atom stereocenters. The Balaban J connectivity index is 1.68. The van der Waals surface area contributed by atoms with E-state index in [-0.39, 0.29) is 11.7 Å². The molecule has 0 saturated heterocycles. The van der Waals surface area contributed by atoms with Crippen molar-refractivity contribution in [2.75, 3.05) is 5.32 Å². The van der Waals surface area contributed by atoms with Gasteiger partial charge in [0.2, 0.25) is 5.89 Å². The average Bonchev–Trinajstić information content (AvgIpc) is 3.26. The SMILES string of the molecule is O=C(Nc1ccc2oc(-c3cc(I)ccc3Cl)nc2c1)c1ccco1. The van der Waals surface area contributed by atoms with E-state index in [1.165, 1.54) is 6.26 Å². The van der Waals surface area contributed by atoms with Crippen molar-refractivity contribution in [3.63, 3.8) is 0 Å². The number of hydrogen-bond donors (Lipinski definition) is 1. The fourth-order valence-electron chi connectivity index (χ4n) is 2.38. The van der Waals surface area contributed by atoms with Gasteiger partial charge >= 0.3 is 0 Å². The van der Waals surface area contributed by atoms with Gasteiger partial charge < -0.3 is 14.2 Å². The number of benzene rings is 2. The third-order valence-electron chi connectivity index (χ3n) is 3.55. The number of hydrogen-bond acceptors (Lipinski definition) is 4. The van der Waals surface area contributed by atoms with Gasteiger partial charge in [0.1, 0.15) is 5.52 Å². The van der Waals surface area contributed by atoms with Gasteiger partial charge in [0, 0.05) is 9.26 Å². The second kappa shape index (κ2) is 6.53. The van der Waals surface area contributed by atoms with Crippen LogP contribution in [-0.4, -0.2) is 10.9 Å². The number of aromatic nitrogens is 1. The summed E-state index contributed by atoms with van der Waals surface area (Å²) < 4.78 is 11.9. The molecule has 0 bridgehead atoms. The van der Waals surface area contributed by atoms with Gasteiger partial charge in [-0.2, -0.15) is 0 Å². The standard InChI is InChI=1S/C18H10ClIN2O3/c19-13-5-3-10(20)8-12(13)18-22-14-9-11(4-6-15(14)25-18)21-17(23)16-2-1-7-24-16/h1-9H,(H,21,23). The summed E-state index contributed by atoms with van der Waals surface area (Å²) in [6.45, 7) is 0. The largest absolute Gasteiger partial charge is 0.459 e. The van der Waals surface area contributed by atoms with E-state index in [1.54, 1.807) is 30.3 Å². The minimum Gasteiger partial charge on any atom is -0.459 e. The first-order valence-electron chi connectivity index (χ1n) is 7.31. The van der Waals surface area contributed by atoms with Crippen LogP contribution in [0, 0.1) is 3.57 Å². The van der Waals surface area contributed by atoms with Crippen LogP contribution in [0.3, 0.4) is 0 Å². The first-order valence-corrected chi connectivity index (χ1v) is 8.77. The molecule has 1 amide bonds. The average molecular weight is 465 g/mol. The first-order chi connectivity index (χ1) is 12.1. The van der Waals surface area contributed by atoms with Crippen LogP contribution in [0.15, 0.2) is 63.6 Å². The van der Waals surface area contributed by atoms with Gasteiger partial charge in [-0.25, -0.2) is 4.98 Å². The van der Waals surface area contributed by atoms with Crippen molar-refractivity contribution in [3.05, 3.63) is 69.1 Å². The molecule has 2 aromatic carbocycles. The molecule has 7 heteroatoms. The number of carbonyl (C=O) groups is 1. The number of halogens is 2. The molecule has 0 unspecified atom stereocenters. The summed E-state index contributed by atoms with van der Waals surface area (Å²) in [7, 11) is 0. The Kier molecular flexibility index (Phi) is 4.22. The molecule has 0 fully saturated rings. The van der Waals surface area contributed by atoms with Gasteiger partial charge in [-0.05, 0) is 71.1 Å². The monoisotopic (exact) mass is 464 g/mol. The summed E-state index contributed by atoms with van der Waals surface area (Å²) in [5.41, 5.74) is 2.57. The maximum absolute atomic E-state index is 12.1. The van der Waals surface area contributed by atoms with E-state index < -0.39 is 0 Å². The first kappa shape index (κ1) is 16.2. The number of rotatable bonds is 3. The Hall–Kier alpha value is -2.32. The molecule has 124 valence electrons. The molecule has 0 aliphatic heterocycles. The van der Waals surface area contributed by atoms with Crippen LogP contribution in [0.4, 0.5) is 5.69 Å². The Labute approximate surface area is 161 Å². The summed E-state index contributed by atoms with van der Waals surface area (Å²) >= 11 is 8.45. The molecule has 0 radical (unpaired) electrons. The summed E-state index contributed by atoms with van der Waals surface area (Å²) in [5.74, 6) is 0.355. The number of fused-ring (bicyclic) bond motifs is 1. The topological polar surface area (TPSA) is 68.3 Å². The number of nitrogens with zero attached hydrogens (tertiary/aromatic N) is 1. The number of furan rings is 1. The molecule has 25 heavy (non-hydrogen) atoms. The normalized spacial score (nSPS) is 11.0. The Morgan fingerprint density at radius 3 is 2.84 bits per heavy atom. The molecule has 4 rings (SSSR count). The molecular weight excluding hydrogens is 455 g/mol. The van der Waals surface area contributed by atoms with Crippen LogP contribution in [0.5, 0.6) is 0 Å². The van der Waals surface area contributed by atoms with Crippen LogP contribution in [0.25, 0.3) is 22.6 Å². The molecule has 0 spiro atoms. The van der Waals surface area contributed by atoms with E-state index in [9.17, 15) is 4.79 Å². The fraction of sp³-hybridized carbons (Fsp3) is 0. The number of anilines is 1. The van der Waals surface area contributed by atoms with Crippen molar-refractivity contribution in [3.8, 4) is 11.5 Å². The highest BCUT2D eigenvalue weighted by Crippen LogP contribution is 2.32. The quantitative estimate of drug-likeness (QED) is 0.401. The van der Waals surface area contributed by atoms with Crippen molar-refractivity contribution in [1.82, 2.24) is 4.98 Å². The van der Waals surface area contributed by atoms with Crippen LogP contribution in [0.1, 0.15) is 10.6 Å². The predicted molar refractivity (Wildman–Crippen MR) is 104 cm³/mol. The molecule has 0 aliphatic carbocycles. The Bertz CT molecular complexity index is 1070. The lowest BCUT2D eigenvalue weighted by Gasteiger charge is -2.01. The molecule has 2 aromatic heterocycles. The molecular formula is C18H10ClIN2O3. The maximum Gasteiger partial charge on any atom is 0.291 e. The van der Waals surface area contributed by atoms with Crippen molar-refractivity contribution in [1.29, 1.82) is 0 Å². The molecule has 0 saturated carbocycles. The smallest absolute Gasteiger partial charge is 0.291 e. The number of oxazole rings is 1. The number of carbonyl (C=O) groups excluding carboxylic acids is 1. The lowest BCUT2D eigenvalue weighted by Crippen LogP contribution is -2.10. The molecule has 5 nitrogen and oxygen atoms in total. The second-order valence-corrected chi connectivity index (χ2v) is 6.91. The highest BCUT2D eigenvalue weighted by Gasteiger charge is 2.14. The molecule has 0 aliphatic rings. The number of nitrogens with one attached hydrogen (secondary N) is 1. The van der Waals surface area contributed by atoms with E-state index in [4.69, 9.17) is 20.4 Å². The third-order valence-corrected chi connectivity index (χ3v) is 4.55. The number of amides is 1. The Morgan fingerprint density at radius 2 is 2.04 bits per heavy atom. The molecule has 4 aromatic rings. The minimum atomic E-state index is -0.325. The highest BCUT2D eigenvalue weighted by atomic mass is 127. The van der Waals surface area contributed by atoms with Gasteiger partial charge in [0.15, 0.2) is 11.3 Å². The van der Waals surface area contributed by atoms with E-state index in [0.29, 0.717) is 27.7 Å². The summed E-state index contributed by atoms with van der Waals surface area (Å²) in [5, 5.41) is 3.33. The van der Waals surface area contributed by atoms with E-state index in [0.717, 1.165) is 9.13 Å². The highest BCUT2D eigenvalue weighted by molar-refractivity contribution is 14.1. The van der Waals surface area contributed by atoms with Gasteiger partial charge in [0.25, 0.3) is 5.91 Å². The zero-order valence-corrected chi connectivity index (χ0v) is 15.5. The minimum absolute atomic E-state index is 0.242. The van der Waals surface area contributed by atoms with Gasteiger partial charge in [-0.1, -0.05) is 11.6 Å². The molecule has 2 heterocycles. The lowest BCUT2D eigenvalue weighted by atomic mass is 10.2. The lowest BCUT2D eigenvalue weighted by molar-refractivity contribution is 0.0996. The van der Waals surface area contributed by atoms with Crippen molar-refractivity contribution in [2.24, 2.45) is 0 Å². The van der Waals surface area contributed by atoms with Crippen LogP contribution < -0.4 is 5.32 Å². The second-order valence-electron chi connectivity index (χ2n) is 5.26. The summed E-state index contributed by atoms with van der Waals surface area (Å²) in [4.78, 5) is 16.5. The van der Waals surface area contributed by atoms with E-state index in [1.807, 2.05) is 18.2 Å². The summed E-state index contributed by atoms with van der Waals surface area (Å²) in [6.07, 6.45) is 1.45. The van der Waals surface area contributed by atoms with Gasteiger partial charge in [-0.3, -0.25) is 4.79 Å². The van der Waals surface area contributed by atoms with Crippen molar-refractivity contribution in [2.45, 2.75) is 0 Å². The maximum atomic E-state index is 12.1. The summed E-state index contributed by atoms with van der Waals surface area (Å²) in [6, 6.07) is 14.1. The van der Waals surface area contributed by atoms with Crippen LogP contribution in [-0.2, 0) is 0 Å². The van der Waals surface area contributed by atoms with E-state index in [2.05, 4.69) is 32.9 Å². The third kappa shape index (κ3) is 3.27. The van der Waals surface area contributed by atoms with Gasteiger partial charge in [-0.15, -0.1) is 0 Å². The van der Waals surface area contributed by atoms with Gasteiger partial charge in [0.05, 0.1) is 16.8 Å². The molecule has 1 N–H and O–H groups in total. The van der Waals surface area contributed by atoms with Crippen LogP contribution >= 0.6 is 34.2 Å². The Morgan fingerprint density at radius 1 is 1.16 bits per heavy atom. The zero-order valence-electron chi connectivity index (χ0n) is 12.6. The zero-order chi connectivity index (χ0) is 17.4. The van der Waals surface area contributed by atoms with Crippen molar-refractivity contribution >= 4 is 56.9 Å².